The zero-order chi connectivity index (χ0) is 15.2. The molecule has 0 saturated carbocycles. The summed E-state index contributed by atoms with van der Waals surface area (Å²) in [5.74, 6) is 0.418. The lowest BCUT2D eigenvalue weighted by Gasteiger charge is -2.18. The molecule has 0 radical (unpaired) electrons. The number of pyridine rings is 1. The predicted octanol–water partition coefficient (Wildman–Crippen LogP) is 3.18. The Bertz CT molecular complexity index is 636. The van der Waals surface area contributed by atoms with E-state index in [4.69, 9.17) is 5.73 Å². The number of hydrogen-bond donors (Lipinski definition) is 1. The molecule has 0 aliphatic heterocycles. The van der Waals surface area contributed by atoms with Gasteiger partial charge < -0.3 is 10.6 Å². The van der Waals surface area contributed by atoms with Crippen LogP contribution in [0.2, 0.25) is 0 Å². The summed E-state index contributed by atoms with van der Waals surface area (Å²) in [6.45, 7) is 0.576. The van der Waals surface area contributed by atoms with Gasteiger partial charge in [-0.15, -0.1) is 11.8 Å². The summed E-state index contributed by atoms with van der Waals surface area (Å²) in [5, 5.41) is 0. The van der Waals surface area contributed by atoms with Crippen LogP contribution in [0.4, 0.5) is 5.69 Å². The molecule has 1 aromatic carbocycles. The molecular formula is C15H16BrN3OS. The van der Waals surface area contributed by atoms with E-state index in [2.05, 4.69) is 20.9 Å². The van der Waals surface area contributed by atoms with Gasteiger partial charge in [-0.3, -0.25) is 9.78 Å². The van der Waals surface area contributed by atoms with E-state index >= 15 is 0 Å². The number of carbonyl (C=O) groups is 1. The molecule has 0 unspecified atom stereocenters. The Balaban J connectivity index is 1.91. The van der Waals surface area contributed by atoms with Gasteiger partial charge in [-0.2, -0.15) is 0 Å². The number of hydrogen-bond acceptors (Lipinski definition) is 4. The monoisotopic (exact) mass is 365 g/mol. The summed E-state index contributed by atoms with van der Waals surface area (Å²) in [6, 6.07) is 9.71. The second kappa shape index (κ2) is 7.47. The smallest absolute Gasteiger partial charge is 0.232 e. The number of amides is 1. The molecule has 6 heteroatoms. The standard InChI is InChI=1S/C15H16BrN3OS/c1-19(9-11-4-2-3-5-12(11)16)15(20)10-21-14-6-7-18-8-13(14)17/h2-8H,9-10,17H2,1H3. The Labute approximate surface area is 136 Å². The van der Waals surface area contributed by atoms with Crippen LogP contribution in [0.1, 0.15) is 5.56 Å². The number of nitrogens with zero attached hydrogens (tertiary/aromatic N) is 2. The number of carbonyl (C=O) groups excluding carboxylic acids is 1. The second-order valence-electron chi connectivity index (χ2n) is 4.54. The van der Waals surface area contributed by atoms with Crippen LogP contribution in [-0.2, 0) is 11.3 Å². The average molecular weight is 366 g/mol. The second-order valence-corrected chi connectivity index (χ2v) is 6.41. The third kappa shape index (κ3) is 4.47. The van der Waals surface area contributed by atoms with E-state index in [1.165, 1.54) is 11.8 Å². The third-order valence-electron chi connectivity index (χ3n) is 2.95. The van der Waals surface area contributed by atoms with Crippen LogP contribution in [0.5, 0.6) is 0 Å². The van der Waals surface area contributed by atoms with E-state index in [1.807, 2.05) is 30.3 Å². The minimum Gasteiger partial charge on any atom is -0.397 e. The maximum absolute atomic E-state index is 12.2. The molecular weight excluding hydrogens is 350 g/mol. The van der Waals surface area contributed by atoms with E-state index < -0.39 is 0 Å². The van der Waals surface area contributed by atoms with E-state index in [0.29, 0.717) is 18.0 Å². The summed E-state index contributed by atoms with van der Waals surface area (Å²) >= 11 is 4.92. The molecule has 110 valence electrons. The first kappa shape index (κ1) is 15.9. The van der Waals surface area contributed by atoms with E-state index in [0.717, 1.165) is 14.9 Å². The normalized spacial score (nSPS) is 10.4. The van der Waals surface area contributed by atoms with Crippen molar-refractivity contribution in [2.75, 3.05) is 18.5 Å². The summed E-state index contributed by atoms with van der Waals surface area (Å²) in [6.07, 6.45) is 3.27. The molecule has 2 N–H and O–H groups in total. The van der Waals surface area contributed by atoms with Crippen LogP contribution in [0, 0.1) is 0 Å². The lowest BCUT2D eigenvalue weighted by atomic mass is 10.2. The highest BCUT2D eigenvalue weighted by molar-refractivity contribution is 9.10. The molecule has 0 fully saturated rings. The van der Waals surface area contributed by atoms with Crippen LogP contribution in [0.25, 0.3) is 0 Å². The van der Waals surface area contributed by atoms with Gasteiger partial charge >= 0.3 is 0 Å². The zero-order valence-electron chi connectivity index (χ0n) is 11.6. The van der Waals surface area contributed by atoms with E-state index in [1.54, 1.807) is 24.3 Å². The average Bonchev–Trinajstić information content (AvgIpc) is 2.48. The summed E-state index contributed by atoms with van der Waals surface area (Å²) < 4.78 is 1.01. The first-order valence-electron chi connectivity index (χ1n) is 6.37. The number of thioether (sulfide) groups is 1. The fourth-order valence-corrected chi connectivity index (χ4v) is 3.03. The highest BCUT2D eigenvalue weighted by atomic mass is 79.9. The summed E-state index contributed by atoms with van der Waals surface area (Å²) in [5.41, 5.74) is 7.50. The molecule has 0 spiro atoms. The number of rotatable bonds is 5. The van der Waals surface area contributed by atoms with Crippen LogP contribution in [0.15, 0.2) is 52.1 Å². The van der Waals surface area contributed by atoms with Crippen LogP contribution in [0.3, 0.4) is 0 Å². The summed E-state index contributed by atoms with van der Waals surface area (Å²) in [4.78, 5) is 18.7. The third-order valence-corrected chi connectivity index (χ3v) is 4.80. The number of anilines is 1. The zero-order valence-corrected chi connectivity index (χ0v) is 14.0. The number of aromatic nitrogens is 1. The lowest BCUT2D eigenvalue weighted by Crippen LogP contribution is -2.27. The topological polar surface area (TPSA) is 59.2 Å². The Hall–Kier alpha value is -1.53. The van der Waals surface area contributed by atoms with Crippen molar-refractivity contribution in [3.05, 3.63) is 52.8 Å². The Morgan fingerprint density at radius 2 is 2.14 bits per heavy atom. The largest absolute Gasteiger partial charge is 0.397 e. The van der Waals surface area contributed by atoms with Crippen LogP contribution < -0.4 is 5.73 Å². The molecule has 0 aliphatic rings. The van der Waals surface area contributed by atoms with Crippen molar-refractivity contribution in [2.24, 2.45) is 0 Å². The van der Waals surface area contributed by atoms with Crippen molar-refractivity contribution in [2.45, 2.75) is 11.4 Å². The van der Waals surface area contributed by atoms with Gasteiger partial charge in [0.1, 0.15) is 0 Å². The first-order chi connectivity index (χ1) is 10.1. The Morgan fingerprint density at radius 1 is 1.38 bits per heavy atom. The van der Waals surface area contributed by atoms with Gasteiger partial charge in [0.2, 0.25) is 5.91 Å². The highest BCUT2D eigenvalue weighted by Crippen LogP contribution is 2.24. The summed E-state index contributed by atoms with van der Waals surface area (Å²) in [7, 11) is 1.80. The fraction of sp³-hybridized carbons (Fsp3) is 0.200. The predicted molar refractivity (Wildman–Crippen MR) is 90.0 cm³/mol. The molecule has 2 rings (SSSR count). The Kier molecular flexibility index (Phi) is 5.64. The molecule has 1 amide bonds. The van der Waals surface area contributed by atoms with Gasteiger partial charge in [0.15, 0.2) is 0 Å². The van der Waals surface area contributed by atoms with Crippen molar-refractivity contribution in [3.63, 3.8) is 0 Å². The van der Waals surface area contributed by atoms with Crippen molar-refractivity contribution in [1.82, 2.24) is 9.88 Å². The van der Waals surface area contributed by atoms with E-state index in [-0.39, 0.29) is 5.91 Å². The lowest BCUT2D eigenvalue weighted by molar-refractivity contribution is -0.127. The SMILES string of the molecule is CN(Cc1ccccc1Br)C(=O)CSc1ccncc1N. The Morgan fingerprint density at radius 3 is 2.86 bits per heavy atom. The molecule has 0 bridgehead atoms. The molecule has 1 heterocycles. The van der Waals surface area contributed by atoms with Gasteiger partial charge in [0.05, 0.1) is 17.6 Å². The van der Waals surface area contributed by atoms with Gasteiger partial charge in [0, 0.05) is 29.2 Å². The number of nitrogens with two attached hydrogens (primary N) is 1. The molecule has 0 saturated heterocycles. The van der Waals surface area contributed by atoms with Gasteiger partial charge in [-0.25, -0.2) is 0 Å². The maximum Gasteiger partial charge on any atom is 0.232 e. The number of benzene rings is 1. The minimum atomic E-state index is 0.0620. The first-order valence-corrected chi connectivity index (χ1v) is 8.15. The van der Waals surface area contributed by atoms with Crippen molar-refractivity contribution in [3.8, 4) is 0 Å². The molecule has 0 atom stereocenters. The fourth-order valence-electron chi connectivity index (χ4n) is 1.75. The highest BCUT2D eigenvalue weighted by Gasteiger charge is 2.12. The number of halogens is 1. The van der Waals surface area contributed by atoms with Crippen LogP contribution in [-0.4, -0.2) is 28.6 Å². The quantitative estimate of drug-likeness (QED) is 0.826. The van der Waals surface area contributed by atoms with Gasteiger partial charge in [0.25, 0.3) is 0 Å². The van der Waals surface area contributed by atoms with Crippen molar-refractivity contribution in [1.29, 1.82) is 0 Å². The molecule has 1 aromatic heterocycles. The minimum absolute atomic E-state index is 0.0620. The van der Waals surface area contributed by atoms with Crippen molar-refractivity contribution < 1.29 is 4.79 Å². The van der Waals surface area contributed by atoms with Gasteiger partial charge in [-0.05, 0) is 17.7 Å². The molecule has 4 nitrogen and oxygen atoms in total. The molecule has 2 aromatic rings. The molecule has 21 heavy (non-hydrogen) atoms. The number of nitrogen functional groups attached to an aromatic ring is 1. The van der Waals surface area contributed by atoms with E-state index in [9.17, 15) is 4.79 Å². The van der Waals surface area contributed by atoms with Crippen molar-refractivity contribution >= 4 is 39.3 Å². The van der Waals surface area contributed by atoms with Crippen LogP contribution >= 0.6 is 27.7 Å². The maximum atomic E-state index is 12.2. The molecule has 0 aliphatic carbocycles. The van der Waals surface area contributed by atoms with Gasteiger partial charge in [-0.1, -0.05) is 34.1 Å².